The molecule has 1 saturated carbocycles. The lowest BCUT2D eigenvalue weighted by Gasteiger charge is -2.30. The van der Waals surface area contributed by atoms with Crippen LogP contribution in [0, 0.1) is 19.8 Å². The lowest BCUT2D eigenvalue weighted by Crippen LogP contribution is -2.50. The Morgan fingerprint density at radius 1 is 1.27 bits per heavy atom. The van der Waals surface area contributed by atoms with E-state index in [9.17, 15) is 19.5 Å². The quantitative estimate of drug-likeness (QED) is 0.847. The Bertz CT molecular complexity index is 737. The van der Waals surface area contributed by atoms with Crippen LogP contribution in [0.4, 0.5) is 5.69 Å². The molecule has 1 aromatic rings. The first-order valence-electron chi connectivity index (χ1n) is 9.22. The molecule has 1 aliphatic carbocycles. The molecule has 6 heteroatoms. The van der Waals surface area contributed by atoms with Gasteiger partial charge < -0.3 is 15.3 Å². The molecule has 2 fully saturated rings. The maximum absolute atomic E-state index is 12.8. The van der Waals surface area contributed by atoms with Crippen LogP contribution in [0.5, 0.6) is 0 Å². The van der Waals surface area contributed by atoms with Gasteiger partial charge in [0.05, 0.1) is 17.9 Å². The molecule has 1 heterocycles. The predicted octanol–water partition coefficient (Wildman–Crippen LogP) is 2.56. The standard InChI is InChI=1S/C20H26N2O4/c1-13-6-5-7-16(14(13)2)22-12-15(10-17(22)23)19(26)21-20(11-18(24)25)8-3-4-9-20/h5-7,15H,3-4,8-12H2,1-2H3,(H,21,26)(H,24,25). The van der Waals surface area contributed by atoms with E-state index < -0.39 is 17.4 Å². The first-order valence-corrected chi connectivity index (χ1v) is 9.22. The topological polar surface area (TPSA) is 86.7 Å². The number of carbonyl (C=O) groups is 3. The molecule has 2 N–H and O–H groups in total. The SMILES string of the molecule is Cc1cccc(N2CC(C(=O)NC3(CC(=O)O)CCCC3)CC2=O)c1C. The molecule has 0 aromatic heterocycles. The number of aryl methyl sites for hydroxylation is 1. The van der Waals surface area contributed by atoms with Gasteiger partial charge in [-0.25, -0.2) is 0 Å². The molecule has 0 bridgehead atoms. The second kappa shape index (κ2) is 7.09. The largest absolute Gasteiger partial charge is 0.481 e. The van der Waals surface area contributed by atoms with Crippen molar-refractivity contribution in [3.63, 3.8) is 0 Å². The Labute approximate surface area is 153 Å². The summed E-state index contributed by atoms with van der Waals surface area (Å²) in [6.45, 7) is 4.32. The molecule has 6 nitrogen and oxygen atoms in total. The highest BCUT2D eigenvalue weighted by Crippen LogP contribution is 2.34. The van der Waals surface area contributed by atoms with Crippen LogP contribution in [-0.2, 0) is 14.4 Å². The lowest BCUT2D eigenvalue weighted by molar-refractivity contribution is -0.139. The highest BCUT2D eigenvalue weighted by Gasteiger charge is 2.42. The van der Waals surface area contributed by atoms with Gasteiger partial charge in [0.2, 0.25) is 11.8 Å². The molecule has 2 amide bonds. The third-order valence-electron chi connectivity index (χ3n) is 5.80. The highest BCUT2D eigenvalue weighted by atomic mass is 16.4. The lowest BCUT2D eigenvalue weighted by atomic mass is 9.92. The fraction of sp³-hybridized carbons (Fsp3) is 0.550. The normalized spacial score (nSPS) is 21.8. The third kappa shape index (κ3) is 3.59. The van der Waals surface area contributed by atoms with Gasteiger partial charge >= 0.3 is 5.97 Å². The van der Waals surface area contributed by atoms with Crippen molar-refractivity contribution >= 4 is 23.5 Å². The molecule has 3 rings (SSSR count). The van der Waals surface area contributed by atoms with Gasteiger partial charge in [-0.2, -0.15) is 0 Å². The van der Waals surface area contributed by atoms with Crippen molar-refractivity contribution in [2.45, 2.75) is 57.9 Å². The fourth-order valence-corrected chi connectivity index (χ4v) is 4.19. The summed E-state index contributed by atoms with van der Waals surface area (Å²) in [5, 5.41) is 12.2. The monoisotopic (exact) mass is 358 g/mol. The molecule has 0 spiro atoms. The minimum atomic E-state index is -0.897. The molecule has 2 aliphatic rings. The van der Waals surface area contributed by atoms with Gasteiger partial charge in [0.15, 0.2) is 0 Å². The summed E-state index contributed by atoms with van der Waals surface area (Å²) in [6, 6.07) is 5.82. The molecular weight excluding hydrogens is 332 g/mol. The number of hydrogen-bond acceptors (Lipinski definition) is 3. The van der Waals surface area contributed by atoms with Crippen LogP contribution in [0.2, 0.25) is 0 Å². The van der Waals surface area contributed by atoms with Crippen molar-refractivity contribution in [3.05, 3.63) is 29.3 Å². The Morgan fingerprint density at radius 3 is 2.62 bits per heavy atom. The Kier molecular flexibility index (Phi) is 5.03. The molecule has 26 heavy (non-hydrogen) atoms. The van der Waals surface area contributed by atoms with Gasteiger partial charge in [-0.15, -0.1) is 0 Å². The maximum atomic E-state index is 12.8. The molecular formula is C20H26N2O4. The van der Waals surface area contributed by atoms with Crippen LogP contribution < -0.4 is 10.2 Å². The van der Waals surface area contributed by atoms with Gasteiger partial charge in [0.1, 0.15) is 0 Å². The molecule has 1 atom stereocenters. The van der Waals surface area contributed by atoms with Crippen LogP contribution in [0.1, 0.15) is 49.7 Å². The van der Waals surface area contributed by atoms with E-state index in [-0.39, 0.29) is 24.7 Å². The Morgan fingerprint density at radius 2 is 1.96 bits per heavy atom. The van der Waals surface area contributed by atoms with Crippen molar-refractivity contribution in [1.82, 2.24) is 5.32 Å². The number of rotatable bonds is 5. The van der Waals surface area contributed by atoms with Crippen molar-refractivity contribution < 1.29 is 19.5 Å². The van der Waals surface area contributed by atoms with E-state index in [1.54, 1.807) is 4.90 Å². The van der Waals surface area contributed by atoms with Gasteiger partial charge in [0, 0.05) is 18.7 Å². The smallest absolute Gasteiger partial charge is 0.305 e. The number of carboxylic acids is 1. The number of anilines is 1. The third-order valence-corrected chi connectivity index (χ3v) is 5.80. The van der Waals surface area contributed by atoms with Crippen molar-refractivity contribution in [2.75, 3.05) is 11.4 Å². The number of carbonyl (C=O) groups excluding carboxylic acids is 2. The van der Waals surface area contributed by atoms with Crippen LogP contribution in [0.25, 0.3) is 0 Å². The average Bonchev–Trinajstić information content (AvgIpc) is 3.16. The summed E-state index contributed by atoms with van der Waals surface area (Å²) in [4.78, 5) is 38.2. The number of benzene rings is 1. The summed E-state index contributed by atoms with van der Waals surface area (Å²) in [7, 11) is 0. The van der Waals surface area contributed by atoms with Crippen molar-refractivity contribution in [2.24, 2.45) is 5.92 Å². The first-order chi connectivity index (χ1) is 12.3. The van der Waals surface area contributed by atoms with E-state index in [1.165, 1.54) is 0 Å². The predicted molar refractivity (Wildman–Crippen MR) is 98.0 cm³/mol. The number of hydrogen-bond donors (Lipinski definition) is 2. The number of carboxylic acid groups (broad SMARTS) is 1. The molecule has 1 aromatic carbocycles. The zero-order chi connectivity index (χ0) is 18.9. The number of amides is 2. The minimum Gasteiger partial charge on any atom is -0.481 e. The van der Waals surface area contributed by atoms with Crippen molar-refractivity contribution in [1.29, 1.82) is 0 Å². The Hall–Kier alpha value is -2.37. The Balaban J connectivity index is 1.72. The zero-order valence-electron chi connectivity index (χ0n) is 15.4. The summed E-state index contributed by atoms with van der Waals surface area (Å²) in [5.74, 6) is -1.59. The number of nitrogens with zero attached hydrogens (tertiary/aromatic N) is 1. The van der Waals surface area contributed by atoms with Crippen LogP contribution in [0.3, 0.4) is 0 Å². The van der Waals surface area contributed by atoms with Crippen molar-refractivity contribution in [3.8, 4) is 0 Å². The highest BCUT2D eigenvalue weighted by molar-refractivity contribution is 6.01. The zero-order valence-corrected chi connectivity index (χ0v) is 15.4. The van der Waals surface area contributed by atoms with Gasteiger partial charge in [-0.1, -0.05) is 25.0 Å². The van der Waals surface area contributed by atoms with Crippen LogP contribution in [-0.4, -0.2) is 35.0 Å². The van der Waals surface area contributed by atoms with Crippen LogP contribution in [0.15, 0.2) is 18.2 Å². The molecule has 1 saturated heterocycles. The summed E-state index contributed by atoms with van der Waals surface area (Å²) in [5.41, 5.74) is 2.35. The van der Waals surface area contributed by atoms with Crippen LogP contribution >= 0.6 is 0 Å². The fourth-order valence-electron chi connectivity index (χ4n) is 4.19. The minimum absolute atomic E-state index is 0.0554. The van der Waals surface area contributed by atoms with E-state index in [0.29, 0.717) is 19.4 Å². The van der Waals surface area contributed by atoms with E-state index in [0.717, 1.165) is 29.7 Å². The summed E-state index contributed by atoms with van der Waals surface area (Å²) < 4.78 is 0. The summed E-state index contributed by atoms with van der Waals surface area (Å²) >= 11 is 0. The molecule has 1 unspecified atom stereocenters. The molecule has 0 radical (unpaired) electrons. The van der Waals surface area contributed by atoms with E-state index >= 15 is 0 Å². The first kappa shape index (κ1) is 18.4. The van der Waals surface area contributed by atoms with Gasteiger partial charge in [-0.3, -0.25) is 14.4 Å². The maximum Gasteiger partial charge on any atom is 0.305 e. The van der Waals surface area contributed by atoms with E-state index in [2.05, 4.69) is 5.32 Å². The molecule has 1 aliphatic heterocycles. The molecule has 140 valence electrons. The van der Waals surface area contributed by atoms with E-state index in [1.807, 2.05) is 32.0 Å². The number of aliphatic carboxylic acids is 1. The second-order valence-electron chi connectivity index (χ2n) is 7.67. The second-order valence-corrected chi connectivity index (χ2v) is 7.67. The van der Waals surface area contributed by atoms with Gasteiger partial charge in [0.25, 0.3) is 0 Å². The van der Waals surface area contributed by atoms with Gasteiger partial charge in [-0.05, 0) is 43.9 Å². The summed E-state index contributed by atoms with van der Waals surface area (Å²) in [6.07, 6.45) is 3.33. The van der Waals surface area contributed by atoms with E-state index in [4.69, 9.17) is 0 Å². The average molecular weight is 358 g/mol. The number of nitrogens with one attached hydrogen (secondary N) is 1.